The predicted molar refractivity (Wildman–Crippen MR) is 54.0 cm³/mol. The molecule has 1 rings (SSSR count). The topological polar surface area (TPSA) is 55.9 Å². The second-order valence-corrected chi connectivity index (χ2v) is 3.54. The van der Waals surface area contributed by atoms with Gasteiger partial charge in [0.1, 0.15) is 0 Å². The van der Waals surface area contributed by atoms with Crippen LogP contribution in [-0.2, 0) is 19.1 Å². The van der Waals surface area contributed by atoms with Crippen molar-refractivity contribution in [3.8, 4) is 0 Å². The highest BCUT2D eigenvalue weighted by Gasteiger charge is 2.21. The van der Waals surface area contributed by atoms with Crippen LogP contribution in [0.25, 0.3) is 0 Å². The van der Waals surface area contributed by atoms with Gasteiger partial charge in [0, 0.05) is 11.1 Å². The van der Waals surface area contributed by atoms with Gasteiger partial charge in [-0.2, -0.15) is 0 Å². The molecule has 4 nitrogen and oxygen atoms in total. The third-order valence-electron chi connectivity index (χ3n) is 1.95. The molecule has 1 fully saturated rings. The minimum absolute atomic E-state index is 0.210. The van der Waals surface area contributed by atoms with Gasteiger partial charge in [-0.25, -0.2) is 9.59 Å². The third kappa shape index (κ3) is 4.08. The van der Waals surface area contributed by atoms with Crippen LogP contribution in [0.15, 0.2) is 23.8 Å². The predicted octanol–water partition coefficient (Wildman–Crippen LogP) is 1.37. The molecule has 0 bridgehead atoms. The molecule has 0 N–H and O–H groups in total. The number of hydrogen-bond donors (Lipinski definition) is 0. The number of esters is 2. The van der Waals surface area contributed by atoms with E-state index in [0.29, 0.717) is 12.0 Å². The van der Waals surface area contributed by atoms with Crippen LogP contribution in [0.3, 0.4) is 0 Å². The monoisotopic (exact) mass is 210 g/mol. The van der Waals surface area contributed by atoms with Gasteiger partial charge >= 0.3 is 11.9 Å². The Morgan fingerprint density at radius 1 is 1.47 bits per heavy atom. The molecule has 1 saturated heterocycles. The maximum atomic E-state index is 11.3. The van der Waals surface area contributed by atoms with E-state index in [1.165, 1.54) is 6.92 Å². The van der Waals surface area contributed by atoms with Crippen molar-refractivity contribution in [2.24, 2.45) is 0 Å². The zero-order chi connectivity index (χ0) is 11.4. The molecule has 1 aliphatic heterocycles. The van der Waals surface area contributed by atoms with Gasteiger partial charge in [-0.3, -0.25) is 0 Å². The number of carbonyl (C=O) groups excluding carboxylic acids is 2. The Morgan fingerprint density at radius 2 is 2.07 bits per heavy atom. The molecule has 0 saturated carbocycles. The van der Waals surface area contributed by atoms with Gasteiger partial charge in [-0.15, -0.1) is 0 Å². The number of carbonyl (C=O) groups is 2. The van der Waals surface area contributed by atoms with E-state index in [2.05, 4.69) is 11.3 Å². The number of epoxide rings is 1. The van der Waals surface area contributed by atoms with E-state index in [1.54, 1.807) is 13.0 Å². The SMILES string of the molecule is C=C(C)C(=O)OC(=O)C(C)=CCC1CO1. The molecule has 0 aliphatic carbocycles. The first kappa shape index (κ1) is 11.7. The average Bonchev–Trinajstić information content (AvgIpc) is 2.97. The summed E-state index contributed by atoms with van der Waals surface area (Å²) in [5.74, 6) is -1.31. The Bertz CT molecular complexity index is 323. The molecule has 1 atom stereocenters. The van der Waals surface area contributed by atoms with Crippen LogP contribution in [0.4, 0.5) is 0 Å². The van der Waals surface area contributed by atoms with Crippen LogP contribution < -0.4 is 0 Å². The molecule has 1 aliphatic rings. The molecule has 0 aromatic carbocycles. The first-order chi connectivity index (χ1) is 7.00. The van der Waals surface area contributed by atoms with Crippen molar-refractivity contribution >= 4 is 11.9 Å². The zero-order valence-corrected chi connectivity index (χ0v) is 8.91. The van der Waals surface area contributed by atoms with E-state index in [-0.39, 0.29) is 11.7 Å². The van der Waals surface area contributed by atoms with Crippen LogP contribution in [0, 0.1) is 0 Å². The summed E-state index contributed by atoms with van der Waals surface area (Å²) in [5, 5.41) is 0. The standard InChI is InChI=1S/C11H14O4/c1-7(2)10(12)15-11(13)8(3)4-5-9-6-14-9/h4,9H,1,5-6H2,2-3H3. The molecular formula is C11H14O4. The Kier molecular flexibility index (Phi) is 3.80. The molecule has 0 aromatic heterocycles. The minimum atomic E-state index is -0.685. The fraction of sp³-hybridized carbons (Fsp3) is 0.455. The third-order valence-corrected chi connectivity index (χ3v) is 1.95. The summed E-state index contributed by atoms with van der Waals surface area (Å²) in [4.78, 5) is 22.3. The first-order valence-corrected chi connectivity index (χ1v) is 4.71. The van der Waals surface area contributed by atoms with E-state index < -0.39 is 11.9 Å². The molecule has 82 valence electrons. The highest BCUT2D eigenvalue weighted by Crippen LogP contribution is 2.15. The van der Waals surface area contributed by atoms with Gasteiger partial charge < -0.3 is 9.47 Å². The summed E-state index contributed by atoms with van der Waals surface area (Å²) in [6.45, 7) is 7.23. The number of ether oxygens (including phenoxy) is 2. The zero-order valence-electron chi connectivity index (χ0n) is 8.91. The fourth-order valence-electron chi connectivity index (χ4n) is 0.847. The van der Waals surface area contributed by atoms with Crippen molar-refractivity contribution in [1.82, 2.24) is 0 Å². The van der Waals surface area contributed by atoms with E-state index in [9.17, 15) is 9.59 Å². The lowest BCUT2D eigenvalue weighted by molar-refractivity contribution is -0.153. The van der Waals surface area contributed by atoms with E-state index >= 15 is 0 Å². The minimum Gasteiger partial charge on any atom is -0.386 e. The van der Waals surface area contributed by atoms with Crippen molar-refractivity contribution < 1.29 is 19.1 Å². The fourth-order valence-corrected chi connectivity index (χ4v) is 0.847. The Hall–Kier alpha value is -1.42. The maximum absolute atomic E-state index is 11.3. The normalized spacial score (nSPS) is 19.6. The lowest BCUT2D eigenvalue weighted by Gasteiger charge is -2.01. The van der Waals surface area contributed by atoms with Crippen LogP contribution in [0.1, 0.15) is 20.3 Å². The van der Waals surface area contributed by atoms with Crippen LogP contribution >= 0.6 is 0 Å². The van der Waals surface area contributed by atoms with Crippen molar-refractivity contribution in [1.29, 1.82) is 0 Å². The molecule has 0 spiro atoms. The van der Waals surface area contributed by atoms with Crippen molar-refractivity contribution in [2.45, 2.75) is 26.4 Å². The van der Waals surface area contributed by atoms with Crippen LogP contribution in [-0.4, -0.2) is 24.6 Å². The van der Waals surface area contributed by atoms with Crippen LogP contribution in [0.2, 0.25) is 0 Å². The summed E-state index contributed by atoms with van der Waals surface area (Å²) in [6.07, 6.45) is 2.62. The summed E-state index contributed by atoms with van der Waals surface area (Å²) in [6, 6.07) is 0. The summed E-state index contributed by atoms with van der Waals surface area (Å²) in [7, 11) is 0. The van der Waals surface area contributed by atoms with Gasteiger partial charge in [-0.1, -0.05) is 12.7 Å². The molecule has 15 heavy (non-hydrogen) atoms. The van der Waals surface area contributed by atoms with Crippen molar-refractivity contribution in [3.05, 3.63) is 23.8 Å². The van der Waals surface area contributed by atoms with E-state index in [0.717, 1.165) is 6.61 Å². The lowest BCUT2D eigenvalue weighted by Crippen LogP contribution is -2.13. The molecule has 1 unspecified atom stereocenters. The first-order valence-electron chi connectivity index (χ1n) is 4.71. The second kappa shape index (κ2) is 4.89. The molecule has 0 amide bonds. The van der Waals surface area contributed by atoms with E-state index in [1.807, 2.05) is 0 Å². The summed E-state index contributed by atoms with van der Waals surface area (Å²) < 4.78 is 9.52. The Labute approximate surface area is 88.6 Å². The van der Waals surface area contributed by atoms with Crippen molar-refractivity contribution in [2.75, 3.05) is 6.61 Å². The number of rotatable bonds is 4. The van der Waals surface area contributed by atoms with Gasteiger partial charge in [0.05, 0.1) is 12.7 Å². The van der Waals surface area contributed by atoms with Gasteiger partial charge in [0.25, 0.3) is 0 Å². The van der Waals surface area contributed by atoms with Crippen LogP contribution in [0.5, 0.6) is 0 Å². The van der Waals surface area contributed by atoms with Gasteiger partial charge in [0.15, 0.2) is 0 Å². The molecule has 0 aromatic rings. The second-order valence-electron chi connectivity index (χ2n) is 3.54. The molecule has 4 heteroatoms. The largest absolute Gasteiger partial charge is 0.386 e. The van der Waals surface area contributed by atoms with Crippen molar-refractivity contribution in [3.63, 3.8) is 0 Å². The average molecular weight is 210 g/mol. The highest BCUT2D eigenvalue weighted by atomic mass is 16.6. The summed E-state index contributed by atoms with van der Waals surface area (Å²) in [5.41, 5.74) is 0.627. The summed E-state index contributed by atoms with van der Waals surface area (Å²) >= 11 is 0. The van der Waals surface area contributed by atoms with E-state index in [4.69, 9.17) is 4.74 Å². The van der Waals surface area contributed by atoms with Gasteiger partial charge in [0.2, 0.25) is 0 Å². The number of hydrogen-bond acceptors (Lipinski definition) is 4. The quantitative estimate of drug-likeness (QED) is 0.304. The molecule has 0 radical (unpaired) electrons. The highest BCUT2D eigenvalue weighted by molar-refractivity contribution is 6.00. The smallest absolute Gasteiger partial charge is 0.341 e. The molecular weight excluding hydrogens is 196 g/mol. The Balaban J connectivity index is 2.40. The molecule has 1 heterocycles. The lowest BCUT2D eigenvalue weighted by atomic mass is 10.2. The Morgan fingerprint density at radius 3 is 2.53 bits per heavy atom. The van der Waals surface area contributed by atoms with Gasteiger partial charge in [-0.05, 0) is 20.3 Å². The maximum Gasteiger partial charge on any atom is 0.341 e.